The van der Waals surface area contributed by atoms with Crippen molar-refractivity contribution in [3.05, 3.63) is 34.1 Å². The minimum Gasteiger partial charge on any atom is -0.468 e. The highest BCUT2D eigenvalue weighted by molar-refractivity contribution is 9.10. The number of alkyl halides is 1. The Morgan fingerprint density at radius 1 is 1.59 bits per heavy atom. The zero-order valence-electron chi connectivity index (χ0n) is 9.17. The lowest BCUT2D eigenvalue weighted by Crippen LogP contribution is -2.29. The lowest BCUT2D eigenvalue weighted by Gasteiger charge is -2.09. The SMILES string of the molecule is COC(=O)C(Br)CNCc1ccc(Br)cc1F. The van der Waals surface area contributed by atoms with Gasteiger partial charge < -0.3 is 10.1 Å². The molecular formula is C11H12Br2FNO2. The number of ether oxygens (including phenoxy) is 1. The molecule has 0 saturated carbocycles. The van der Waals surface area contributed by atoms with Crippen LogP contribution in [-0.2, 0) is 16.1 Å². The Balaban J connectivity index is 2.43. The van der Waals surface area contributed by atoms with Crippen LogP contribution in [0.4, 0.5) is 4.39 Å². The Morgan fingerprint density at radius 2 is 2.29 bits per heavy atom. The third kappa shape index (κ3) is 4.73. The van der Waals surface area contributed by atoms with Gasteiger partial charge in [0.1, 0.15) is 10.6 Å². The predicted molar refractivity (Wildman–Crippen MR) is 70.5 cm³/mol. The van der Waals surface area contributed by atoms with Crippen LogP contribution >= 0.6 is 31.9 Å². The van der Waals surface area contributed by atoms with E-state index < -0.39 is 4.83 Å². The molecule has 0 heterocycles. The minimum absolute atomic E-state index is 0.281. The second kappa shape index (κ2) is 7.08. The predicted octanol–water partition coefficient (Wildman–Crippen LogP) is 2.61. The molecule has 3 nitrogen and oxygen atoms in total. The van der Waals surface area contributed by atoms with Crippen molar-refractivity contribution < 1.29 is 13.9 Å². The Labute approximate surface area is 116 Å². The molecule has 1 aromatic carbocycles. The van der Waals surface area contributed by atoms with Crippen molar-refractivity contribution in [2.45, 2.75) is 11.4 Å². The lowest BCUT2D eigenvalue weighted by molar-refractivity contribution is -0.139. The van der Waals surface area contributed by atoms with Crippen molar-refractivity contribution in [3.8, 4) is 0 Å². The molecule has 94 valence electrons. The smallest absolute Gasteiger partial charge is 0.320 e. The number of halogens is 3. The van der Waals surface area contributed by atoms with Gasteiger partial charge in [0.15, 0.2) is 0 Å². The van der Waals surface area contributed by atoms with E-state index in [0.29, 0.717) is 23.1 Å². The van der Waals surface area contributed by atoms with Crippen LogP contribution in [-0.4, -0.2) is 24.5 Å². The van der Waals surface area contributed by atoms with E-state index in [1.807, 2.05) is 0 Å². The largest absolute Gasteiger partial charge is 0.468 e. The minimum atomic E-state index is -0.425. The van der Waals surface area contributed by atoms with E-state index in [4.69, 9.17) is 0 Å². The van der Waals surface area contributed by atoms with Crippen LogP contribution in [0.3, 0.4) is 0 Å². The van der Waals surface area contributed by atoms with E-state index in [1.165, 1.54) is 13.2 Å². The fourth-order valence-electron chi connectivity index (χ4n) is 1.21. The molecule has 0 bridgehead atoms. The van der Waals surface area contributed by atoms with Gasteiger partial charge in [-0.25, -0.2) is 4.39 Å². The van der Waals surface area contributed by atoms with Gasteiger partial charge in [-0.15, -0.1) is 0 Å². The van der Waals surface area contributed by atoms with Crippen LogP contribution in [0.1, 0.15) is 5.56 Å². The van der Waals surface area contributed by atoms with Crippen molar-refractivity contribution in [2.24, 2.45) is 0 Å². The maximum absolute atomic E-state index is 13.4. The Bertz CT molecular complexity index is 401. The molecule has 17 heavy (non-hydrogen) atoms. The molecule has 1 atom stereocenters. The Kier molecular flexibility index (Phi) is 6.08. The van der Waals surface area contributed by atoms with Crippen LogP contribution in [0.15, 0.2) is 22.7 Å². The average molecular weight is 369 g/mol. The van der Waals surface area contributed by atoms with Crippen LogP contribution in [0.5, 0.6) is 0 Å². The van der Waals surface area contributed by atoms with Gasteiger partial charge in [-0.05, 0) is 12.1 Å². The summed E-state index contributed by atoms with van der Waals surface area (Å²) in [6.07, 6.45) is 0. The molecule has 0 fully saturated rings. The molecule has 0 saturated heterocycles. The van der Waals surface area contributed by atoms with Gasteiger partial charge in [-0.2, -0.15) is 0 Å². The first-order chi connectivity index (χ1) is 8.04. The Morgan fingerprint density at radius 3 is 2.88 bits per heavy atom. The third-order valence-electron chi connectivity index (χ3n) is 2.11. The highest BCUT2D eigenvalue weighted by atomic mass is 79.9. The molecule has 0 aliphatic carbocycles. The van der Waals surface area contributed by atoms with Gasteiger partial charge in [0.05, 0.1) is 7.11 Å². The first-order valence-electron chi connectivity index (χ1n) is 4.91. The number of benzene rings is 1. The number of methoxy groups -OCH3 is 1. The lowest BCUT2D eigenvalue weighted by atomic mass is 10.2. The van der Waals surface area contributed by atoms with Gasteiger partial charge in [0.25, 0.3) is 0 Å². The van der Waals surface area contributed by atoms with Gasteiger partial charge >= 0.3 is 5.97 Å². The van der Waals surface area contributed by atoms with Crippen LogP contribution in [0.25, 0.3) is 0 Å². The zero-order chi connectivity index (χ0) is 12.8. The number of esters is 1. The molecule has 0 spiro atoms. The monoisotopic (exact) mass is 367 g/mol. The number of carbonyl (C=O) groups excluding carboxylic acids is 1. The fourth-order valence-corrected chi connectivity index (χ4v) is 1.96. The second-order valence-corrected chi connectivity index (χ2v) is 5.38. The molecule has 1 rings (SSSR count). The molecule has 0 amide bonds. The summed E-state index contributed by atoms with van der Waals surface area (Å²) < 4.78 is 18.7. The normalized spacial score (nSPS) is 12.2. The summed E-state index contributed by atoms with van der Waals surface area (Å²) in [4.78, 5) is 10.7. The summed E-state index contributed by atoms with van der Waals surface area (Å²) in [5, 5.41) is 2.97. The average Bonchev–Trinajstić information content (AvgIpc) is 2.30. The molecule has 6 heteroatoms. The number of hydrogen-bond donors (Lipinski definition) is 1. The summed E-state index contributed by atoms with van der Waals surface area (Å²) in [5.74, 6) is -0.634. The van der Waals surface area contributed by atoms with Gasteiger partial charge in [-0.1, -0.05) is 37.9 Å². The standard InChI is InChI=1S/C11H12Br2FNO2/c1-17-11(16)9(13)6-15-5-7-2-3-8(12)4-10(7)14/h2-4,9,15H,5-6H2,1H3. The topological polar surface area (TPSA) is 38.3 Å². The van der Waals surface area contributed by atoms with Gasteiger partial charge in [0.2, 0.25) is 0 Å². The molecule has 0 radical (unpaired) electrons. The molecule has 1 unspecified atom stereocenters. The first kappa shape index (κ1) is 14.6. The summed E-state index contributed by atoms with van der Waals surface area (Å²) in [5.41, 5.74) is 0.553. The van der Waals surface area contributed by atoms with Crippen molar-refractivity contribution >= 4 is 37.8 Å². The maximum Gasteiger partial charge on any atom is 0.320 e. The highest BCUT2D eigenvalue weighted by Crippen LogP contribution is 2.15. The van der Waals surface area contributed by atoms with Crippen molar-refractivity contribution in [3.63, 3.8) is 0 Å². The first-order valence-corrected chi connectivity index (χ1v) is 6.62. The van der Waals surface area contributed by atoms with Crippen molar-refractivity contribution in [1.82, 2.24) is 5.32 Å². The highest BCUT2D eigenvalue weighted by Gasteiger charge is 2.14. The maximum atomic E-state index is 13.4. The van der Waals surface area contributed by atoms with E-state index in [1.54, 1.807) is 12.1 Å². The summed E-state index contributed by atoms with van der Waals surface area (Å²) in [6, 6.07) is 4.86. The van der Waals surface area contributed by atoms with Crippen LogP contribution < -0.4 is 5.32 Å². The second-order valence-electron chi connectivity index (χ2n) is 3.36. The zero-order valence-corrected chi connectivity index (χ0v) is 12.3. The van der Waals surface area contributed by atoms with Crippen molar-refractivity contribution in [2.75, 3.05) is 13.7 Å². The van der Waals surface area contributed by atoms with Gasteiger partial charge in [-0.3, -0.25) is 4.79 Å². The Hall–Kier alpha value is -0.460. The van der Waals surface area contributed by atoms with Crippen LogP contribution in [0, 0.1) is 5.82 Å². The van der Waals surface area contributed by atoms with E-state index in [0.717, 1.165) is 0 Å². The molecule has 0 aromatic heterocycles. The molecule has 0 aliphatic rings. The van der Waals surface area contributed by atoms with Crippen LogP contribution in [0.2, 0.25) is 0 Å². The fraction of sp³-hybridized carbons (Fsp3) is 0.364. The molecule has 1 aromatic rings. The number of carbonyl (C=O) groups is 1. The number of hydrogen-bond acceptors (Lipinski definition) is 3. The summed E-state index contributed by atoms with van der Waals surface area (Å²) >= 11 is 6.36. The van der Waals surface area contributed by atoms with Gasteiger partial charge in [0, 0.05) is 23.1 Å². The summed E-state index contributed by atoms with van der Waals surface area (Å²) in [6.45, 7) is 0.736. The summed E-state index contributed by atoms with van der Waals surface area (Å²) in [7, 11) is 1.32. The van der Waals surface area contributed by atoms with E-state index >= 15 is 0 Å². The van der Waals surface area contributed by atoms with E-state index in [2.05, 4.69) is 41.9 Å². The van der Waals surface area contributed by atoms with E-state index in [9.17, 15) is 9.18 Å². The molecule has 1 N–H and O–H groups in total. The van der Waals surface area contributed by atoms with E-state index in [-0.39, 0.29) is 11.8 Å². The quantitative estimate of drug-likeness (QED) is 0.641. The number of nitrogens with one attached hydrogen (secondary N) is 1. The molecular weight excluding hydrogens is 357 g/mol. The van der Waals surface area contributed by atoms with Crippen molar-refractivity contribution in [1.29, 1.82) is 0 Å². The molecule has 0 aliphatic heterocycles. The third-order valence-corrected chi connectivity index (χ3v) is 3.30. The number of rotatable bonds is 5.